The van der Waals surface area contributed by atoms with Crippen molar-refractivity contribution < 1.29 is 4.79 Å². The van der Waals surface area contributed by atoms with E-state index in [2.05, 4.69) is 22.6 Å². The van der Waals surface area contributed by atoms with Crippen LogP contribution in [0.25, 0.3) is 0 Å². The Kier molecular flexibility index (Phi) is 4.18. The molecule has 4 nitrogen and oxygen atoms in total. The Morgan fingerprint density at radius 1 is 1.38 bits per heavy atom. The predicted molar refractivity (Wildman–Crippen MR) is 64.2 cm³/mol. The average Bonchev–Trinajstić information content (AvgIpc) is 2.73. The Morgan fingerprint density at radius 3 is 2.75 bits per heavy atom. The second kappa shape index (κ2) is 5.64. The van der Waals surface area contributed by atoms with Gasteiger partial charge in [-0.2, -0.15) is 0 Å². The van der Waals surface area contributed by atoms with Gasteiger partial charge < -0.3 is 15.5 Å². The van der Waals surface area contributed by atoms with Crippen LogP contribution in [0.2, 0.25) is 0 Å². The third-order valence-corrected chi connectivity index (χ3v) is 3.76. The molecule has 2 rings (SSSR count). The SMILES string of the molecule is CN1CCC(CNC(=O)C2CCNCC2)C1. The van der Waals surface area contributed by atoms with Gasteiger partial charge in [-0.25, -0.2) is 0 Å². The topological polar surface area (TPSA) is 44.4 Å². The van der Waals surface area contributed by atoms with Gasteiger partial charge in [0.25, 0.3) is 0 Å². The molecule has 0 saturated carbocycles. The van der Waals surface area contributed by atoms with Crippen molar-refractivity contribution in [1.82, 2.24) is 15.5 Å². The standard InChI is InChI=1S/C12H23N3O/c1-15-7-4-10(9-15)8-14-12(16)11-2-5-13-6-3-11/h10-11,13H,2-9H2,1H3,(H,14,16). The van der Waals surface area contributed by atoms with Crippen LogP contribution >= 0.6 is 0 Å². The highest BCUT2D eigenvalue weighted by Crippen LogP contribution is 2.15. The van der Waals surface area contributed by atoms with E-state index in [1.54, 1.807) is 0 Å². The van der Waals surface area contributed by atoms with Gasteiger partial charge in [-0.15, -0.1) is 0 Å². The van der Waals surface area contributed by atoms with Crippen molar-refractivity contribution in [3.63, 3.8) is 0 Å². The summed E-state index contributed by atoms with van der Waals surface area (Å²) in [5.74, 6) is 1.19. The second-order valence-corrected chi connectivity index (χ2v) is 5.19. The summed E-state index contributed by atoms with van der Waals surface area (Å²) < 4.78 is 0. The number of piperidine rings is 1. The van der Waals surface area contributed by atoms with E-state index >= 15 is 0 Å². The van der Waals surface area contributed by atoms with E-state index in [0.717, 1.165) is 39.0 Å². The number of carbonyl (C=O) groups is 1. The fraction of sp³-hybridized carbons (Fsp3) is 0.917. The van der Waals surface area contributed by atoms with E-state index in [-0.39, 0.29) is 11.8 Å². The van der Waals surface area contributed by atoms with E-state index in [0.29, 0.717) is 5.92 Å². The Hall–Kier alpha value is -0.610. The van der Waals surface area contributed by atoms with Crippen LogP contribution in [0, 0.1) is 11.8 Å². The molecule has 2 heterocycles. The molecule has 0 radical (unpaired) electrons. The first-order valence-corrected chi connectivity index (χ1v) is 6.42. The van der Waals surface area contributed by atoms with Gasteiger partial charge >= 0.3 is 0 Å². The lowest BCUT2D eigenvalue weighted by molar-refractivity contribution is -0.125. The van der Waals surface area contributed by atoms with Gasteiger partial charge in [-0.05, 0) is 51.9 Å². The molecule has 2 aliphatic heterocycles. The van der Waals surface area contributed by atoms with Crippen molar-refractivity contribution in [2.45, 2.75) is 19.3 Å². The molecule has 2 saturated heterocycles. The Morgan fingerprint density at radius 2 is 2.12 bits per heavy atom. The molecule has 0 aromatic rings. The molecule has 1 amide bonds. The molecule has 2 fully saturated rings. The fourth-order valence-corrected chi connectivity index (χ4v) is 2.67. The van der Waals surface area contributed by atoms with Crippen LogP contribution in [0.3, 0.4) is 0 Å². The minimum absolute atomic E-state index is 0.250. The molecule has 0 aliphatic carbocycles. The molecule has 16 heavy (non-hydrogen) atoms. The summed E-state index contributed by atoms with van der Waals surface area (Å²) in [7, 11) is 2.15. The Balaban J connectivity index is 1.66. The molecule has 2 aliphatic rings. The number of nitrogens with one attached hydrogen (secondary N) is 2. The molecule has 0 aromatic carbocycles. The first kappa shape index (κ1) is 11.9. The zero-order valence-electron chi connectivity index (χ0n) is 10.2. The lowest BCUT2D eigenvalue weighted by Gasteiger charge is -2.22. The van der Waals surface area contributed by atoms with Gasteiger partial charge in [-0.1, -0.05) is 0 Å². The highest BCUT2D eigenvalue weighted by atomic mass is 16.1. The van der Waals surface area contributed by atoms with Crippen molar-refractivity contribution in [2.24, 2.45) is 11.8 Å². The molecule has 0 aromatic heterocycles. The van der Waals surface area contributed by atoms with Crippen LogP contribution in [0.1, 0.15) is 19.3 Å². The highest BCUT2D eigenvalue weighted by molar-refractivity contribution is 5.78. The fourth-order valence-electron chi connectivity index (χ4n) is 2.67. The monoisotopic (exact) mass is 225 g/mol. The third kappa shape index (κ3) is 3.19. The molecule has 4 heteroatoms. The smallest absolute Gasteiger partial charge is 0.223 e. The quantitative estimate of drug-likeness (QED) is 0.713. The van der Waals surface area contributed by atoms with E-state index in [1.165, 1.54) is 13.0 Å². The number of carbonyl (C=O) groups excluding carboxylic acids is 1. The summed E-state index contributed by atoms with van der Waals surface area (Å²) in [5.41, 5.74) is 0. The molecule has 0 bridgehead atoms. The van der Waals surface area contributed by atoms with Crippen molar-refractivity contribution in [1.29, 1.82) is 0 Å². The summed E-state index contributed by atoms with van der Waals surface area (Å²) in [4.78, 5) is 14.2. The lowest BCUT2D eigenvalue weighted by atomic mass is 9.97. The average molecular weight is 225 g/mol. The van der Waals surface area contributed by atoms with Crippen LogP contribution in [0.5, 0.6) is 0 Å². The van der Waals surface area contributed by atoms with Crippen LogP contribution < -0.4 is 10.6 Å². The van der Waals surface area contributed by atoms with Crippen LogP contribution in [-0.4, -0.2) is 50.6 Å². The van der Waals surface area contributed by atoms with Crippen LogP contribution in [-0.2, 0) is 4.79 Å². The molecular weight excluding hydrogens is 202 g/mol. The van der Waals surface area contributed by atoms with E-state index < -0.39 is 0 Å². The van der Waals surface area contributed by atoms with Crippen molar-refractivity contribution in [3.05, 3.63) is 0 Å². The van der Waals surface area contributed by atoms with Gasteiger partial charge in [0.15, 0.2) is 0 Å². The molecule has 1 unspecified atom stereocenters. The maximum absolute atomic E-state index is 11.9. The van der Waals surface area contributed by atoms with Gasteiger partial charge in [0.05, 0.1) is 0 Å². The summed E-state index contributed by atoms with van der Waals surface area (Å²) in [6, 6.07) is 0. The number of likely N-dealkylation sites (tertiary alicyclic amines) is 1. The first-order chi connectivity index (χ1) is 7.75. The number of rotatable bonds is 3. The minimum Gasteiger partial charge on any atom is -0.356 e. The summed E-state index contributed by atoms with van der Waals surface area (Å²) in [6.45, 7) is 5.15. The molecular formula is C12H23N3O. The Bertz CT molecular complexity index is 238. The number of nitrogens with zero attached hydrogens (tertiary/aromatic N) is 1. The second-order valence-electron chi connectivity index (χ2n) is 5.19. The van der Waals surface area contributed by atoms with E-state index in [4.69, 9.17) is 0 Å². The largest absolute Gasteiger partial charge is 0.356 e. The van der Waals surface area contributed by atoms with E-state index in [1.807, 2.05) is 0 Å². The van der Waals surface area contributed by atoms with Crippen molar-refractivity contribution in [2.75, 3.05) is 39.8 Å². The summed E-state index contributed by atoms with van der Waals surface area (Å²) >= 11 is 0. The molecule has 1 atom stereocenters. The van der Waals surface area contributed by atoms with Crippen molar-refractivity contribution in [3.8, 4) is 0 Å². The van der Waals surface area contributed by atoms with Crippen molar-refractivity contribution >= 4 is 5.91 Å². The molecule has 0 spiro atoms. The highest BCUT2D eigenvalue weighted by Gasteiger charge is 2.23. The predicted octanol–water partition coefficient (Wildman–Crippen LogP) is 0.0539. The third-order valence-electron chi connectivity index (χ3n) is 3.76. The zero-order valence-corrected chi connectivity index (χ0v) is 10.2. The lowest BCUT2D eigenvalue weighted by Crippen LogP contribution is -2.40. The minimum atomic E-state index is 0.250. The maximum Gasteiger partial charge on any atom is 0.223 e. The van der Waals surface area contributed by atoms with Gasteiger partial charge in [0.2, 0.25) is 5.91 Å². The number of hydrogen-bond donors (Lipinski definition) is 2. The normalized spacial score (nSPS) is 28.2. The number of amides is 1. The van der Waals surface area contributed by atoms with Gasteiger partial charge in [-0.3, -0.25) is 4.79 Å². The molecule has 2 N–H and O–H groups in total. The van der Waals surface area contributed by atoms with Gasteiger partial charge in [0, 0.05) is 19.0 Å². The zero-order chi connectivity index (χ0) is 11.4. The Labute approximate surface area is 97.8 Å². The first-order valence-electron chi connectivity index (χ1n) is 6.42. The van der Waals surface area contributed by atoms with Crippen LogP contribution in [0.4, 0.5) is 0 Å². The van der Waals surface area contributed by atoms with Crippen LogP contribution in [0.15, 0.2) is 0 Å². The van der Waals surface area contributed by atoms with E-state index in [9.17, 15) is 4.79 Å². The van der Waals surface area contributed by atoms with Gasteiger partial charge in [0.1, 0.15) is 0 Å². The summed E-state index contributed by atoms with van der Waals surface area (Å²) in [6.07, 6.45) is 3.22. The maximum atomic E-state index is 11.9. The summed E-state index contributed by atoms with van der Waals surface area (Å²) in [5, 5.41) is 6.41. The number of hydrogen-bond acceptors (Lipinski definition) is 3. The molecule has 92 valence electrons.